The summed E-state index contributed by atoms with van der Waals surface area (Å²) < 4.78 is 5.22. The van der Waals surface area contributed by atoms with E-state index in [1.54, 1.807) is 0 Å². The average Bonchev–Trinajstić information content (AvgIpc) is 2.55. The second-order valence-corrected chi connectivity index (χ2v) is 7.09. The lowest BCUT2D eigenvalue weighted by Gasteiger charge is -2.05. The van der Waals surface area contributed by atoms with Crippen molar-refractivity contribution in [2.45, 2.75) is 110 Å². The molecule has 0 rings (SSSR count). The van der Waals surface area contributed by atoms with Gasteiger partial charge in [0.1, 0.15) is 0 Å². The van der Waals surface area contributed by atoms with Crippen molar-refractivity contribution in [3.63, 3.8) is 0 Å². The van der Waals surface area contributed by atoms with Crippen molar-refractivity contribution in [1.29, 1.82) is 0 Å². The lowest BCUT2D eigenvalue weighted by atomic mass is 10.0. The zero-order valence-electron chi connectivity index (χ0n) is 15.5. The van der Waals surface area contributed by atoms with E-state index in [0.717, 1.165) is 25.0 Å². The van der Waals surface area contributed by atoms with E-state index in [-0.39, 0.29) is 5.97 Å². The third-order valence-electron chi connectivity index (χ3n) is 4.30. The summed E-state index contributed by atoms with van der Waals surface area (Å²) in [7, 11) is 0. The maximum atomic E-state index is 11.4. The highest BCUT2D eigenvalue weighted by molar-refractivity contribution is 7.80. The Morgan fingerprint density at radius 1 is 0.696 bits per heavy atom. The molecule has 23 heavy (non-hydrogen) atoms. The van der Waals surface area contributed by atoms with Crippen LogP contribution in [0, 0.1) is 0 Å². The van der Waals surface area contributed by atoms with Gasteiger partial charge in [0.25, 0.3) is 0 Å². The zero-order chi connectivity index (χ0) is 17.0. The maximum Gasteiger partial charge on any atom is 0.305 e. The predicted octanol–water partition coefficient (Wildman–Crippen LogP) is 6.72. The van der Waals surface area contributed by atoms with Crippen LogP contribution in [0.2, 0.25) is 0 Å². The summed E-state index contributed by atoms with van der Waals surface area (Å²) in [4.78, 5) is 11.4. The van der Waals surface area contributed by atoms with Crippen LogP contribution in [0.1, 0.15) is 110 Å². The topological polar surface area (TPSA) is 26.3 Å². The number of esters is 1. The normalized spacial score (nSPS) is 10.9. The second kappa shape index (κ2) is 19.9. The van der Waals surface area contributed by atoms with Crippen LogP contribution in [0.3, 0.4) is 0 Å². The molecular formula is C20H40O2S. The van der Waals surface area contributed by atoms with E-state index in [0.29, 0.717) is 13.0 Å². The lowest BCUT2D eigenvalue weighted by Crippen LogP contribution is -2.05. The van der Waals surface area contributed by atoms with Crippen molar-refractivity contribution in [3.05, 3.63) is 0 Å². The standard InChI is InChI=1S/C20H40O2S/c1-2-3-4-5-6-7-8-9-10-11-12-13-15-18-22-20(21)17-14-16-19-23/h23H,2-19H2,1H3. The van der Waals surface area contributed by atoms with Crippen LogP contribution in [0.25, 0.3) is 0 Å². The number of thiol groups is 1. The number of ether oxygens (including phenoxy) is 1. The molecule has 0 aromatic carbocycles. The van der Waals surface area contributed by atoms with Crippen LogP contribution in [-0.2, 0) is 9.53 Å². The first-order valence-electron chi connectivity index (χ1n) is 10.1. The van der Waals surface area contributed by atoms with Crippen molar-refractivity contribution in [2.24, 2.45) is 0 Å². The van der Waals surface area contributed by atoms with Gasteiger partial charge in [-0.05, 0) is 25.0 Å². The van der Waals surface area contributed by atoms with Gasteiger partial charge in [-0.15, -0.1) is 0 Å². The number of hydrogen-bond acceptors (Lipinski definition) is 3. The van der Waals surface area contributed by atoms with Gasteiger partial charge in [-0.25, -0.2) is 0 Å². The van der Waals surface area contributed by atoms with Gasteiger partial charge >= 0.3 is 5.97 Å². The minimum absolute atomic E-state index is 0.0364. The van der Waals surface area contributed by atoms with Gasteiger partial charge in [0, 0.05) is 6.42 Å². The fraction of sp³-hybridized carbons (Fsp3) is 0.950. The SMILES string of the molecule is CCCCCCCCCCCCCCCOC(=O)CCCCS. The Morgan fingerprint density at radius 2 is 1.17 bits per heavy atom. The molecule has 0 fully saturated rings. The first kappa shape index (κ1) is 22.8. The third kappa shape index (κ3) is 19.8. The Bertz CT molecular complexity index is 244. The highest BCUT2D eigenvalue weighted by atomic mass is 32.1. The molecule has 0 aliphatic carbocycles. The minimum atomic E-state index is -0.0364. The molecule has 0 heterocycles. The Labute approximate surface area is 150 Å². The number of hydrogen-bond donors (Lipinski definition) is 1. The third-order valence-corrected chi connectivity index (χ3v) is 4.62. The summed E-state index contributed by atoms with van der Waals surface area (Å²) in [5, 5.41) is 0. The molecule has 0 spiro atoms. The summed E-state index contributed by atoms with van der Waals surface area (Å²) in [6.07, 6.45) is 19.9. The molecule has 0 aliphatic rings. The minimum Gasteiger partial charge on any atom is -0.466 e. The Balaban J connectivity index is 3.06. The molecule has 2 nitrogen and oxygen atoms in total. The van der Waals surface area contributed by atoms with Gasteiger partial charge < -0.3 is 4.74 Å². The van der Waals surface area contributed by atoms with Gasteiger partial charge in [-0.3, -0.25) is 4.79 Å². The molecule has 0 aromatic heterocycles. The summed E-state index contributed by atoms with van der Waals surface area (Å²) >= 11 is 4.13. The maximum absolute atomic E-state index is 11.4. The molecular weight excluding hydrogens is 304 g/mol. The van der Waals surface area contributed by atoms with Crippen LogP contribution in [0.4, 0.5) is 0 Å². The van der Waals surface area contributed by atoms with Crippen LogP contribution in [0.15, 0.2) is 0 Å². The number of rotatable bonds is 18. The van der Waals surface area contributed by atoms with E-state index < -0.39 is 0 Å². The van der Waals surface area contributed by atoms with Crippen molar-refractivity contribution in [2.75, 3.05) is 12.4 Å². The highest BCUT2D eigenvalue weighted by Gasteiger charge is 2.01. The van der Waals surface area contributed by atoms with Gasteiger partial charge in [-0.1, -0.05) is 84.0 Å². The molecule has 0 unspecified atom stereocenters. The summed E-state index contributed by atoms with van der Waals surface area (Å²) in [6.45, 7) is 2.88. The van der Waals surface area contributed by atoms with E-state index in [1.165, 1.54) is 77.0 Å². The summed E-state index contributed by atoms with van der Waals surface area (Å²) in [5.41, 5.74) is 0. The fourth-order valence-electron chi connectivity index (χ4n) is 2.76. The van der Waals surface area contributed by atoms with Crippen LogP contribution in [0.5, 0.6) is 0 Å². The Hall–Kier alpha value is -0.180. The summed E-state index contributed by atoms with van der Waals surface area (Å²) in [6, 6.07) is 0. The molecule has 0 aliphatic heterocycles. The van der Waals surface area contributed by atoms with E-state index in [4.69, 9.17) is 4.74 Å². The van der Waals surface area contributed by atoms with Crippen molar-refractivity contribution >= 4 is 18.6 Å². The molecule has 0 amide bonds. The van der Waals surface area contributed by atoms with Crippen LogP contribution in [-0.4, -0.2) is 18.3 Å². The molecule has 0 bridgehead atoms. The fourth-order valence-corrected chi connectivity index (χ4v) is 2.98. The largest absolute Gasteiger partial charge is 0.466 e. The average molecular weight is 345 g/mol. The van der Waals surface area contributed by atoms with Crippen LogP contribution < -0.4 is 0 Å². The van der Waals surface area contributed by atoms with Crippen molar-refractivity contribution in [1.82, 2.24) is 0 Å². The van der Waals surface area contributed by atoms with E-state index in [1.807, 2.05) is 0 Å². The zero-order valence-corrected chi connectivity index (χ0v) is 16.4. The number of unbranched alkanes of at least 4 members (excludes halogenated alkanes) is 13. The first-order valence-corrected chi connectivity index (χ1v) is 10.7. The van der Waals surface area contributed by atoms with Gasteiger partial charge in [0.15, 0.2) is 0 Å². The lowest BCUT2D eigenvalue weighted by molar-refractivity contribution is -0.143. The highest BCUT2D eigenvalue weighted by Crippen LogP contribution is 2.12. The number of carbonyl (C=O) groups excluding carboxylic acids is 1. The molecule has 0 radical (unpaired) electrons. The molecule has 0 aromatic rings. The van der Waals surface area contributed by atoms with Gasteiger partial charge in [0.2, 0.25) is 0 Å². The first-order chi connectivity index (χ1) is 11.3. The van der Waals surface area contributed by atoms with E-state index in [9.17, 15) is 4.79 Å². The van der Waals surface area contributed by atoms with Crippen molar-refractivity contribution in [3.8, 4) is 0 Å². The van der Waals surface area contributed by atoms with Gasteiger partial charge in [-0.2, -0.15) is 12.6 Å². The molecule has 0 saturated carbocycles. The second-order valence-electron chi connectivity index (χ2n) is 6.64. The number of carbonyl (C=O) groups is 1. The summed E-state index contributed by atoms with van der Waals surface area (Å²) in [5.74, 6) is 0.817. The predicted molar refractivity (Wildman–Crippen MR) is 104 cm³/mol. The molecule has 0 atom stereocenters. The molecule has 0 N–H and O–H groups in total. The smallest absolute Gasteiger partial charge is 0.305 e. The van der Waals surface area contributed by atoms with E-state index in [2.05, 4.69) is 19.6 Å². The van der Waals surface area contributed by atoms with Crippen LogP contribution >= 0.6 is 12.6 Å². The quantitative estimate of drug-likeness (QED) is 0.170. The molecule has 3 heteroatoms. The van der Waals surface area contributed by atoms with E-state index >= 15 is 0 Å². The monoisotopic (exact) mass is 344 g/mol. The molecule has 0 saturated heterocycles. The Morgan fingerprint density at radius 3 is 1.65 bits per heavy atom. The molecule has 138 valence electrons. The van der Waals surface area contributed by atoms with Gasteiger partial charge in [0.05, 0.1) is 6.61 Å². The Kier molecular flexibility index (Phi) is 19.7. The van der Waals surface area contributed by atoms with Crippen molar-refractivity contribution < 1.29 is 9.53 Å².